The highest BCUT2D eigenvalue weighted by atomic mass is 19.1. The van der Waals surface area contributed by atoms with Crippen LogP contribution in [0, 0.1) is 17.0 Å². The number of rotatable bonds is 5. The van der Waals surface area contributed by atoms with Gasteiger partial charge < -0.3 is 10.4 Å². The molecule has 0 atom stereocenters. The summed E-state index contributed by atoms with van der Waals surface area (Å²) in [5, 5.41) is 19.3. The maximum absolute atomic E-state index is 14.3. The summed E-state index contributed by atoms with van der Waals surface area (Å²) >= 11 is 0. The first-order valence-corrected chi connectivity index (χ1v) is 8.34. The molecule has 0 bridgehead atoms. The van der Waals surface area contributed by atoms with E-state index in [-0.39, 0.29) is 18.1 Å². The number of halogens is 2. The van der Waals surface area contributed by atoms with E-state index < -0.39 is 17.1 Å². The van der Waals surface area contributed by atoms with Crippen LogP contribution in [0.4, 0.5) is 14.5 Å². The molecule has 0 radical (unpaired) electrons. The fraction of sp³-hybridized carbons (Fsp3) is 0.200. The first-order chi connectivity index (χ1) is 12.8. The summed E-state index contributed by atoms with van der Waals surface area (Å²) in [6, 6.07) is 8.71. The number of nitrogens with one attached hydrogen (secondary N) is 2. The Morgan fingerprint density at radius 1 is 1.22 bits per heavy atom. The Kier molecular flexibility index (Phi) is 5.05. The number of nitrogens with zero attached hydrogens (tertiary/aromatic N) is 1. The zero-order chi connectivity index (χ0) is 19.6. The molecule has 140 valence electrons. The number of benzene rings is 2. The Hall–Kier alpha value is -3.06. The zero-order valence-electron chi connectivity index (χ0n) is 14.9. The number of aromatic amines is 1. The van der Waals surface area contributed by atoms with E-state index in [9.17, 15) is 18.7 Å². The molecule has 1 heterocycles. The molecule has 27 heavy (non-hydrogen) atoms. The predicted molar refractivity (Wildman–Crippen MR) is 101 cm³/mol. The van der Waals surface area contributed by atoms with Crippen molar-refractivity contribution >= 4 is 34.6 Å². The molecule has 0 aliphatic rings. The van der Waals surface area contributed by atoms with Crippen molar-refractivity contribution in [2.24, 2.45) is 5.41 Å². The Bertz CT molecular complexity index is 1010. The average molecular weight is 371 g/mol. The molecule has 3 aromatic rings. The summed E-state index contributed by atoms with van der Waals surface area (Å²) in [6.45, 7) is 2.76. The molecule has 7 heteroatoms. The predicted octanol–water partition coefficient (Wildman–Crippen LogP) is 3.97. The van der Waals surface area contributed by atoms with E-state index >= 15 is 0 Å². The van der Waals surface area contributed by atoms with Gasteiger partial charge in [0, 0.05) is 11.5 Å². The van der Waals surface area contributed by atoms with Gasteiger partial charge in [0.2, 0.25) is 5.91 Å². The van der Waals surface area contributed by atoms with Crippen LogP contribution < -0.4 is 5.32 Å². The van der Waals surface area contributed by atoms with Gasteiger partial charge >= 0.3 is 0 Å². The van der Waals surface area contributed by atoms with Crippen molar-refractivity contribution in [3.63, 3.8) is 0 Å². The van der Waals surface area contributed by atoms with Crippen molar-refractivity contribution in [1.29, 1.82) is 0 Å². The van der Waals surface area contributed by atoms with E-state index in [1.54, 1.807) is 38.1 Å². The first-order valence-electron chi connectivity index (χ1n) is 8.34. The molecule has 1 aromatic heterocycles. The van der Waals surface area contributed by atoms with Crippen molar-refractivity contribution in [2.75, 3.05) is 11.9 Å². The van der Waals surface area contributed by atoms with E-state index in [2.05, 4.69) is 15.5 Å². The quantitative estimate of drug-likeness (QED) is 0.635. The van der Waals surface area contributed by atoms with Crippen LogP contribution in [-0.4, -0.2) is 27.8 Å². The van der Waals surface area contributed by atoms with Crippen LogP contribution in [0.5, 0.6) is 0 Å². The highest BCUT2D eigenvalue weighted by Gasteiger charge is 2.27. The van der Waals surface area contributed by atoms with Gasteiger partial charge in [0.1, 0.15) is 11.6 Å². The first kappa shape index (κ1) is 18.7. The molecule has 3 N–H and O–H groups in total. The third kappa shape index (κ3) is 4.03. The normalized spacial score (nSPS) is 12.0. The van der Waals surface area contributed by atoms with Crippen LogP contribution in [-0.2, 0) is 4.79 Å². The number of H-pyrrole nitrogens is 1. The van der Waals surface area contributed by atoms with E-state index in [0.717, 1.165) is 5.56 Å². The second-order valence-electron chi connectivity index (χ2n) is 6.87. The number of aliphatic hydroxyl groups is 1. The van der Waals surface area contributed by atoms with Gasteiger partial charge in [-0.05, 0) is 43.7 Å². The zero-order valence-corrected chi connectivity index (χ0v) is 14.9. The molecule has 0 saturated heterocycles. The number of carbonyl (C=O) groups excluding carboxylic acids is 1. The van der Waals surface area contributed by atoms with Gasteiger partial charge in [0.15, 0.2) is 0 Å². The third-order valence-electron chi connectivity index (χ3n) is 4.24. The summed E-state index contributed by atoms with van der Waals surface area (Å²) in [4.78, 5) is 12.2. The summed E-state index contributed by atoms with van der Waals surface area (Å²) in [6.07, 6.45) is 3.47. The number of anilines is 1. The third-order valence-corrected chi connectivity index (χ3v) is 4.24. The van der Waals surface area contributed by atoms with Crippen molar-refractivity contribution < 1.29 is 18.7 Å². The van der Waals surface area contributed by atoms with Crippen LogP contribution in [0.3, 0.4) is 0 Å². The van der Waals surface area contributed by atoms with Crippen molar-refractivity contribution in [1.82, 2.24) is 10.2 Å². The van der Waals surface area contributed by atoms with Crippen molar-refractivity contribution in [3.8, 4) is 0 Å². The fourth-order valence-corrected chi connectivity index (χ4v) is 2.39. The number of aliphatic hydroxyl groups excluding tert-OH is 1. The molecule has 1 amide bonds. The van der Waals surface area contributed by atoms with Gasteiger partial charge in [-0.2, -0.15) is 5.10 Å². The minimum atomic E-state index is -1.04. The van der Waals surface area contributed by atoms with E-state index in [1.807, 2.05) is 0 Å². The molecule has 0 fully saturated rings. The van der Waals surface area contributed by atoms with Gasteiger partial charge in [-0.1, -0.05) is 18.2 Å². The molecule has 0 saturated carbocycles. The second kappa shape index (κ2) is 7.28. The van der Waals surface area contributed by atoms with Crippen LogP contribution >= 0.6 is 0 Å². The SMILES string of the molecule is CC(C)(CO)C(=O)Nc1cc2c(C=Cc3ccc(F)cc3)n[nH]c2cc1F. The smallest absolute Gasteiger partial charge is 0.232 e. The lowest BCUT2D eigenvalue weighted by atomic mass is 9.93. The topological polar surface area (TPSA) is 78.0 Å². The minimum absolute atomic E-state index is 0.00635. The highest BCUT2D eigenvalue weighted by molar-refractivity contribution is 5.98. The summed E-state index contributed by atoms with van der Waals surface area (Å²) < 4.78 is 27.3. The van der Waals surface area contributed by atoms with Crippen LogP contribution in [0.15, 0.2) is 36.4 Å². The minimum Gasteiger partial charge on any atom is -0.395 e. The highest BCUT2D eigenvalue weighted by Crippen LogP contribution is 2.27. The molecule has 3 rings (SSSR count). The number of aromatic nitrogens is 2. The molecule has 0 spiro atoms. The Morgan fingerprint density at radius 2 is 1.93 bits per heavy atom. The van der Waals surface area contributed by atoms with Gasteiger partial charge in [-0.15, -0.1) is 0 Å². The largest absolute Gasteiger partial charge is 0.395 e. The van der Waals surface area contributed by atoms with Crippen molar-refractivity contribution in [2.45, 2.75) is 13.8 Å². The van der Waals surface area contributed by atoms with Crippen molar-refractivity contribution in [3.05, 3.63) is 59.3 Å². The Labute approximate surface area is 154 Å². The lowest BCUT2D eigenvalue weighted by Crippen LogP contribution is -2.34. The van der Waals surface area contributed by atoms with Crippen LogP contribution in [0.1, 0.15) is 25.1 Å². The number of amides is 1. The van der Waals surface area contributed by atoms with Gasteiger partial charge in [-0.3, -0.25) is 9.89 Å². The standard InChI is InChI=1S/C20H19F2N3O2/c1-20(2,11-26)19(27)23-18-9-14-16(24-25-17(14)10-15(18)22)8-5-12-3-6-13(21)7-4-12/h3-10,26H,11H2,1-2H3,(H,23,27)(H,24,25). The molecule has 2 aromatic carbocycles. The lowest BCUT2D eigenvalue weighted by Gasteiger charge is -2.20. The maximum atomic E-state index is 14.3. The molecule has 0 unspecified atom stereocenters. The van der Waals surface area contributed by atoms with Gasteiger partial charge in [0.05, 0.1) is 28.9 Å². The molecule has 5 nitrogen and oxygen atoms in total. The summed E-state index contributed by atoms with van der Waals surface area (Å²) in [5.74, 6) is -1.42. The maximum Gasteiger partial charge on any atom is 0.232 e. The number of hydrogen-bond donors (Lipinski definition) is 3. The number of carbonyl (C=O) groups is 1. The van der Waals surface area contributed by atoms with Gasteiger partial charge in [-0.25, -0.2) is 8.78 Å². The Morgan fingerprint density at radius 3 is 2.59 bits per heavy atom. The average Bonchev–Trinajstić information content (AvgIpc) is 3.03. The second-order valence-corrected chi connectivity index (χ2v) is 6.87. The summed E-state index contributed by atoms with van der Waals surface area (Å²) in [7, 11) is 0. The Balaban J connectivity index is 1.92. The summed E-state index contributed by atoms with van der Waals surface area (Å²) in [5.41, 5.74) is 0.778. The molecular weight excluding hydrogens is 352 g/mol. The van der Waals surface area contributed by atoms with E-state index in [4.69, 9.17) is 0 Å². The van der Waals surface area contributed by atoms with E-state index in [0.29, 0.717) is 16.6 Å². The number of fused-ring (bicyclic) bond motifs is 1. The fourth-order valence-electron chi connectivity index (χ4n) is 2.39. The lowest BCUT2D eigenvalue weighted by molar-refractivity contribution is -0.125. The number of hydrogen-bond acceptors (Lipinski definition) is 3. The van der Waals surface area contributed by atoms with Crippen LogP contribution in [0.25, 0.3) is 23.1 Å². The van der Waals surface area contributed by atoms with Crippen LogP contribution in [0.2, 0.25) is 0 Å². The molecule has 0 aliphatic heterocycles. The molecular formula is C20H19F2N3O2. The van der Waals surface area contributed by atoms with Gasteiger partial charge in [0.25, 0.3) is 0 Å². The monoisotopic (exact) mass is 371 g/mol. The van der Waals surface area contributed by atoms with E-state index in [1.165, 1.54) is 24.3 Å². The molecule has 0 aliphatic carbocycles.